The van der Waals surface area contributed by atoms with Gasteiger partial charge in [0.05, 0.1) is 6.42 Å². The lowest BCUT2D eigenvalue weighted by Gasteiger charge is -1.97. The molecule has 0 aliphatic heterocycles. The predicted molar refractivity (Wildman–Crippen MR) is 46.7 cm³/mol. The molecule has 0 spiro atoms. The molecule has 63 valence electrons. The van der Waals surface area contributed by atoms with Gasteiger partial charge in [0, 0.05) is 0 Å². The quantitative estimate of drug-likeness (QED) is 0.736. The van der Waals surface area contributed by atoms with E-state index in [0.29, 0.717) is 6.42 Å². The second kappa shape index (κ2) is 4.54. The van der Waals surface area contributed by atoms with Crippen molar-refractivity contribution < 1.29 is 9.90 Å². The van der Waals surface area contributed by atoms with Crippen molar-refractivity contribution in [3.63, 3.8) is 0 Å². The highest BCUT2D eigenvalue weighted by Crippen LogP contribution is 2.03. The molecule has 0 fully saturated rings. The molecule has 2 nitrogen and oxygen atoms in total. The van der Waals surface area contributed by atoms with Gasteiger partial charge in [0.25, 0.3) is 0 Å². The van der Waals surface area contributed by atoms with Crippen molar-refractivity contribution in [1.29, 1.82) is 0 Å². The van der Waals surface area contributed by atoms with Gasteiger partial charge in [-0.05, 0) is 18.4 Å². The maximum atomic E-state index is 10.1. The molecule has 1 aromatic carbocycles. The first kappa shape index (κ1) is 8.78. The third-order valence-electron chi connectivity index (χ3n) is 1.59. The Kier molecular flexibility index (Phi) is 3.33. The summed E-state index contributed by atoms with van der Waals surface area (Å²) in [6.45, 7) is 0. The zero-order valence-electron chi connectivity index (χ0n) is 6.73. The van der Waals surface area contributed by atoms with Crippen LogP contribution in [-0.2, 0) is 11.2 Å². The van der Waals surface area contributed by atoms with E-state index in [9.17, 15) is 4.79 Å². The number of carboxylic acid groups (broad SMARTS) is 1. The van der Waals surface area contributed by atoms with Crippen LogP contribution in [0.3, 0.4) is 0 Å². The number of aryl methyl sites for hydroxylation is 1. The van der Waals surface area contributed by atoms with Crippen LogP contribution >= 0.6 is 0 Å². The Morgan fingerprint density at radius 1 is 1.33 bits per heavy atom. The summed E-state index contributed by atoms with van der Waals surface area (Å²) in [6, 6.07) is 9.85. The highest BCUT2D eigenvalue weighted by molar-refractivity contribution is 5.76. The summed E-state index contributed by atoms with van der Waals surface area (Å²) >= 11 is 0. The summed E-state index contributed by atoms with van der Waals surface area (Å²) in [6.07, 6.45) is 2.68. The highest BCUT2D eigenvalue weighted by atomic mass is 16.4. The van der Waals surface area contributed by atoms with Gasteiger partial charge >= 0.3 is 5.97 Å². The van der Waals surface area contributed by atoms with Crippen molar-refractivity contribution in [2.45, 2.75) is 12.8 Å². The molecule has 12 heavy (non-hydrogen) atoms. The predicted octanol–water partition coefficient (Wildman–Crippen LogP) is 1.91. The number of hydrogen-bond acceptors (Lipinski definition) is 1. The third-order valence-corrected chi connectivity index (χ3v) is 1.59. The molecule has 0 heterocycles. The van der Waals surface area contributed by atoms with E-state index in [1.165, 1.54) is 12.0 Å². The minimum absolute atomic E-state index is 0.597. The molecule has 0 atom stereocenters. The van der Waals surface area contributed by atoms with Crippen molar-refractivity contribution in [2.75, 3.05) is 0 Å². The molecular formula is C10H11O2. The van der Waals surface area contributed by atoms with Crippen LogP contribution in [0.5, 0.6) is 0 Å². The summed E-state index contributed by atoms with van der Waals surface area (Å²) < 4.78 is 0. The van der Waals surface area contributed by atoms with Crippen LogP contribution in [0.1, 0.15) is 12.0 Å². The van der Waals surface area contributed by atoms with Crippen LogP contribution in [0.25, 0.3) is 0 Å². The van der Waals surface area contributed by atoms with Gasteiger partial charge in [0.1, 0.15) is 0 Å². The van der Waals surface area contributed by atoms with Gasteiger partial charge in [-0.25, -0.2) is 0 Å². The van der Waals surface area contributed by atoms with E-state index >= 15 is 0 Å². The average molecular weight is 163 g/mol. The lowest BCUT2D eigenvalue weighted by molar-refractivity contribution is -0.133. The van der Waals surface area contributed by atoms with E-state index in [0.717, 1.165) is 6.42 Å². The van der Waals surface area contributed by atoms with Crippen LogP contribution in [0.2, 0.25) is 0 Å². The third kappa shape index (κ3) is 3.19. The van der Waals surface area contributed by atoms with Gasteiger partial charge in [-0.15, -0.1) is 0 Å². The first-order valence-corrected chi connectivity index (χ1v) is 3.89. The lowest BCUT2D eigenvalue weighted by atomic mass is 10.1. The maximum absolute atomic E-state index is 10.1. The smallest absolute Gasteiger partial charge is 0.307 e. The Morgan fingerprint density at radius 2 is 2.00 bits per heavy atom. The molecular weight excluding hydrogens is 152 g/mol. The molecule has 0 aliphatic rings. The van der Waals surface area contributed by atoms with E-state index in [2.05, 4.69) is 0 Å². The molecule has 0 saturated heterocycles. The Bertz CT molecular complexity index is 241. The number of carbonyl (C=O) groups is 1. The number of benzene rings is 1. The average Bonchev–Trinajstić information content (AvgIpc) is 2.05. The Labute approximate surface area is 71.8 Å². The van der Waals surface area contributed by atoms with Gasteiger partial charge < -0.3 is 5.11 Å². The molecule has 1 N–H and O–H groups in total. The molecule has 0 saturated carbocycles. The fraction of sp³-hybridized carbons (Fsp3) is 0.200. The number of rotatable bonds is 4. The Balaban J connectivity index is 2.29. The normalized spacial score (nSPS) is 9.67. The second-order valence-corrected chi connectivity index (χ2v) is 2.57. The lowest BCUT2D eigenvalue weighted by Crippen LogP contribution is -1.96. The van der Waals surface area contributed by atoms with Crippen molar-refractivity contribution in [1.82, 2.24) is 0 Å². The summed E-state index contributed by atoms with van der Waals surface area (Å²) in [7, 11) is 0. The first-order valence-electron chi connectivity index (χ1n) is 3.89. The van der Waals surface area contributed by atoms with Crippen LogP contribution < -0.4 is 0 Å². The molecule has 2 heteroatoms. The van der Waals surface area contributed by atoms with E-state index < -0.39 is 5.97 Å². The number of carboxylic acids is 1. The Hall–Kier alpha value is -1.31. The minimum atomic E-state index is -0.842. The van der Waals surface area contributed by atoms with Crippen LogP contribution in [-0.4, -0.2) is 11.1 Å². The van der Waals surface area contributed by atoms with Crippen molar-refractivity contribution in [3.8, 4) is 0 Å². The first-order chi connectivity index (χ1) is 5.79. The molecule has 1 aromatic rings. The Morgan fingerprint density at radius 3 is 2.58 bits per heavy atom. The fourth-order valence-corrected chi connectivity index (χ4v) is 1.01. The molecule has 0 aromatic heterocycles. The molecule has 0 unspecified atom stereocenters. The van der Waals surface area contributed by atoms with Crippen molar-refractivity contribution in [3.05, 3.63) is 42.3 Å². The zero-order chi connectivity index (χ0) is 8.81. The van der Waals surface area contributed by atoms with Gasteiger partial charge in [0.2, 0.25) is 0 Å². The molecule has 0 amide bonds. The topological polar surface area (TPSA) is 37.3 Å². The maximum Gasteiger partial charge on any atom is 0.307 e. The fourth-order valence-electron chi connectivity index (χ4n) is 1.01. The van der Waals surface area contributed by atoms with Crippen LogP contribution in [0, 0.1) is 6.42 Å². The van der Waals surface area contributed by atoms with Gasteiger partial charge in [-0.2, -0.15) is 0 Å². The van der Waals surface area contributed by atoms with Gasteiger partial charge in [-0.1, -0.05) is 30.3 Å². The largest absolute Gasteiger partial charge is 0.481 e. The van der Waals surface area contributed by atoms with E-state index in [-0.39, 0.29) is 0 Å². The molecule has 1 radical (unpaired) electrons. The van der Waals surface area contributed by atoms with E-state index in [1.807, 2.05) is 30.3 Å². The highest BCUT2D eigenvalue weighted by Gasteiger charge is 1.97. The van der Waals surface area contributed by atoms with Crippen LogP contribution in [0.15, 0.2) is 30.3 Å². The van der Waals surface area contributed by atoms with Crippen LogP contribution in [0.4, 0.5) is 0 Å². The van der Waals surface area contributed by atoms with E-state index in [4.69, 9.17) is 5.11 Å². The molecule has 0 aliphatic carbocycles. The van der Waals surface area contributed by atoms with Crippen molar-refractivity contribution >= 4 is 5.97 Å². The standard InChI is InChI=1S/C10H11O2/c11-10(12)8-4-7-9-5-2-1-3-6-9/h1-3,5-6,8H,4,7H2,(H,11,12). The summed E-state index contributed by atoms with van der Waals surface area (Å²) in [5.41, 5.74) is 1.18. The summed E-state index contributed by atoms with van der Waals surface area (Å²) in [5, 5.41) is 8.34. The van der Waals surface area contributed by atoms with Gasteiger partial charge in [-0.3, -0.25) is 4.79 Å². The molecule has 1 rings (SSSR count). The van der Waals surface area contributed by atoms with Gasteiger partial charge in [0.15, 0.2) is 0 Å². The molecule has 0 bridgehead atoms. The second-order valence-electron chi connectivity index (χ2n) is 2.57. The SMILES string of the molecule is O=C(O)[CH]CCc1ccccc1. The van der Waals surface area contributed by atoms with Crippen molar-refractivity contribution in [2.24, 2.45) is 0 Å². The summed E-state index contributed by atoms with van der Waals surface area (Å²) in [4.78, 5) is 10.1. The number of hydrogen-bond donors (Lipinski definition) is 1. The van der Waals surface area contributed by atoms with E-state index in [1.54, 1.807) is 0 Å². The zero-order valence-corrected chi connectivity index (χ0v) is 6.73. The minimum Gasteiger partial charge on any atom is -0.481 e. The number of aliphatic carboxylic acids is 1. The summed E-state index contributed by atoms with van der Waals surface area (Å²) in [5.74, 6) is -0.842. The monoisotopic (exact) mass is 163 g/mol.